The van der Waals surface area contributed by atoms with Crippen molar-refractivity contribution in [3.8, 4) is 0 Å². The van der Waals surface area contributed by atoms with E-state index in [1.54, 1.807) is 11.0 Å². The summed E-state index contributed by atoms with van der Waals surface area (Å²) >= 11 is 0. The van der Waals surface area contributed by atoms with Gasteiger partial charge in [0.2, 0.25) is 0 Å². The number of carbonyl (C=O) groups is 2. The molecule has 1 heterocycles. The van der Waals surface area contributed by atoms with Crippen molar-refractivity contribution in [3.05, 3.63) is 12.7 Å². The van der Waals surface area contributed by atoms with Crippen LogP contribution in [0.25, 0.3) is 0 Å². The molecule has 1 fully saturated rings. The third-order valence-electron chi connectivity index (χ3n) is 3.54. The van der Waals surface area contributed by atoms with Gasteiger partial charge in [-0.15, -0.1) is 6.58 Å². The number of carbonyl (C=O) groups excluding carboxylic acids is 2. The van der Waals surface area contributed by atoms with E-state index in [2.05, 4.69) is 11.9 Å². The Hall–Kier alpha value is -1.36. The molecule has 0 unspecified atom stereocenters. The van der Waals surface area contributed by atoms with Crippen molar-refractivity contribution >= 4 is 11.8 Å². The third kappa shape index (κ3) is 3.35. The largest absolute Gasteiger partial charge is 0.344 e. The SMILES string of the molecule is C=CCNC(=O)C(=O)N1C(C)(C)CC(N)CC1(C)C. The van der Waals surface area contributed by atoms with Gasteiger partial charge in [-0.05, 0) is 40.5 Å². The van der Waals surface area contributed by atoms with Crippen molar-refractivity contribution in [2.75, 3.05) is 6.54 Å². The molecular formula is C14H25N3O2. The Balaban J connectivity index is 2.97. The Morgan fingerprint density at radius 1 is 1.32 bits per heavy atom. The van der Waals surface area contributed by atoms with Crippen LogP contribution in [0.4, 0.5) is 0 Å². The maximum atomic E-state index is 12.4. The molecule has 0 aromatic carbocycles. The third-order valence-corrected chi connectivity index (χ3v) is 3.54. The van der Waals surface area contributed by atoms with Crippen LogP contribution in [0.2, 0.25) is 0 Å². The number of amides is 2. The topological polar surface area (TPSA) is 75.4 Å². The van der Waals surface area contributed by atoms with Crippen LogP contribution in [-0.4, -0.2) is 40.4 Å². The lowest BCUT2D eigenvalue weighted by molar-refractivity contribution is -0.158. The number of nitrogens with two attached hydrogens (primary N) is 1. The second-order valence-electron chi connectivity index (χ2n) is 6.43. The van der Waals surface area contributed by atoms with Gasteiger partial charge in [-0.3, -0.25) is 9.59 Å². The van der Waals surface area contributed by atoms with Gasteiger partial charge >= 0.3 is 11.8 Å². The monoisotopic (exact) mass is 267 g/mol. The molecule has 1 aliphatic rings. The standard InChI is InChI=1S/C14H25N3O2/c1-6-7-16-11(18)12(19)17-13(2,3)8-10(15)9-14(17,4)5/h6,10H,1,7-9,15H2,2-5H3,(H,16,18). The molecule has 0 atom stereocenters. The minimum Gasteiger partial charge on any atom is -0.344 e. The summed E-state index contributed by atoms with van der Waals surface area (Å²) in [5.74, 6) is -1.08. The molecule has 0 saturated carbocycles. The van der Waals surface area contributed by atoms with Crippen molar-refractivity contribution in [1.29, 1.82) is 0 Å². The second kappa shape index (κ2) is 5.33. The minimum absolute atomic E-state index is 0.0466. The molecule has 1 aliphatic heterocycles. The lowest BCUT2D eigenvalue weighted by Crippen LogP contribution is -2.67. The molecule has 0 spiro atoms. The van der Waals surface area contributed by atoms with Crippen LogP contribution in [0.15, 0.2) is 12.7 Å². The summed E-state index contributed by atoms with van der Waals surface area (Å²) in [5, 5.41) is 2.54. The fraction of sp³-hybridized carbons (Fsp3) is 0.714. The highest BCUT2D eigenvalue weighted by molar-refractivity contribution is 6.35. The van der Waals surface area contributed by atoms with Crippen LogP contribution in [0.5, 0.6) is 0 Å². The van der Waals surface area contributed by atoms with Gasteiger partial charge in [0.05, 0.1) is 0 Å². The quantitative estimate of drug-likeness (QED) is 0.574. The Bertz CT molecular complexity index is 370. The first kappa shape index (κ1) is 15.7. The number of hydrogen-bond acceptors (Lipinski definition) is 3. The molecule has 0 aliphatic carbocycles. The fourth-order valence-electron chi connectivity index (χ4n) is 3.25. The molecule has 19 heavy (non-hydrogen) atoms. The van der Waals surface area contributed by atoms with Crippen molar-refractivity contribution in [2.45, 2.75) is 57.7 Å². The highest BCUT2D eigenvalue weighted by Gasteiger charge is 2.48. The molecule has 5 heteroatoms. The normalized spacial score (nSPS) is 21.8. The van der Waals surface area contributed by atoms with E-state index in [1.165, 1.54) is 0 Å². The molecule has 0 bridgehead atoms. The van der Waals surface area contributed by atoms with Crippen LogP contribution in [0, 0.1) is 0 Å². The van der Waals surface area contributed by atoms with E-state index in [1.807, 2.05) is 27.7 Å². The van der Waals surface area contributed by atoms with E-state index in [9.17, 15) is 9.59 Å². The van der Waals surface area contributed by atoms with Crippen LogP contribution in [0.3, 0.4) is 0 Å². The molecule has 2 amide bonds. The minimum atomic E-state index is -0.587. The van der Waals surface area contributed by atoms with Crippen molar-refractivity contribution < 1.29 is 9.59 Å². The number of nitrogens with zero attached hydrogens (tertiary/aromatic N) is 1. The van der Waals surface area contributed by atoms with E-state index in [-0.39, 0.29) is 6.04 Å². The predicted molar refractivity (Wildman–Crippen MR) is 75.4 cm³/mol. The molecule has 0 aromatic rings. The molecule has 5 nitrogen and oxygen atoms in total. The zero-order valence-electron chi connectivity index (χ0n) is 12.3. The van der Waals surface area contributed by atoms with Crippen molar-refractivity contribution in [3.63, 3.8) is 0 Å². The van der Waals surface area contributed by atoms with Crippen molar-refractivity contribution in [1.82, 2.24) is 10.2 Å². The first-order valence-corrected chi connectivity index (χ1v) is 6.61. The van der Waals surface area contributed by atoms with E-state index >= 15 is 0 Å². The van der Waals surface area contributed by atoms with Gasteiger partial charge in [-0.2, -0.15) is 0 Å². The average molecular weight is 267 g/mol. The lowest BCUT2D eigenvalue weighted by atomic mass is 9.77. The van der Waals surface area contributed by atoms with Crippen LogP contribution >= 0.6 is 0 Å². The summed E-state index contributed by atoms with van der Waals surface area (Å²) in [4.78, 5) is 25.9. The summed E-state index contributed by atoms with van der Waals surface area (Å²) in [6.07, 6.45) is 2.93. The van der Waals surface area contributed by atoms with Crippen LogP contribution < -0.4 is 11.1 Å². The van der Waals surface area contributed by atoms with E-state index in [4.69, 9.17) is 5.73 Å². The van der Waals surface area contributed by atoms with Gasteiger partial charge in [0.15, 0.2) is 0 Å². The Kier molecular flexibility index (Phi) is 4.40. The van der Waals surface area contributed by atoms with Gasteiger partial charge in [-0.25, -0.2) is 0 Å². The Morgan fingerprint density at radius 3 is 2.21 bits per heavy atom. The Labute approximate surface area is 115 Å². The predicted octanol–water partition coefficient (Wildman–Crippen LogP) is 0.796. The average Bonchev–Trinajstić information content (AvgIpc) is 2.21. The summed E-state index contributed by atoms with van der Waals surface area (Å²) in [7, 11) is 0. The molecule has 1 rings (SSSR count). The van der Waals surface area contributed by atoms with E-state index in [0.29, 0.717) is 19.4 Å². The second-order valence-corrected chi connectivity index (χ2v) is 6.43. The zero-order valence-corrected chi connectivity index (χ0v) is 12.3. The zero-order chi connectivity index (χ0) is 14.8. The lowest BCUT2D eigenvalue weighted by Gasteiger charge is -2.54. The Morgan fingerprint density at radius 2 is 1.79 bits per heavy atom. The fourth-order valence-corrected chi connectivity index (χ4v) is 3.25. The smallest absolute Gasteiger partial charge is 0.312 e. The maximum absolute atomic E-state index is 12.4. The van der Waals surface area contributed by atoms with Gasteiger partial charge in [0.1, 0.15) is 0 Å². The van der Waals surface area contributed by atoms with Gasteiger partial charge < -0.3 is 16.0 Å². The molecule has 108 valence electrons. The van der Waals surface area contributed by atoms with Gasteiger partial charge in [0.25, 0.3) is 0 Å². The molecule has 0 radical (unpaired) electrons. The van der Waals surface area contributed by atoms with Crippen molar-refractivity contribution in [2.24, 2.45) is 5.73 Å². The first-order chi connectivity index (χ1) is 8.62. The van der Waals surface area contributed by atoms with Gasteiger partial charge in [0, 0.05) is 23.7 Å². The summed E-state index contributed by atoms with van der Waals surface area (Å²) in [5.41, 5.74) is 5.20. The van der Waals surface area contributed by atoms with Crippen LogP contribution in [0.1, 0.15) is 40.5 Å². The van der Waals surface area contributed by atoms with E-state index in [0.717, 1.165) is 0 Å². The van der Waals surface area contributed by atoms with Crippen LogP contribution in [-0.2, 0) is 9.59 Å². The molecule has 0 aromatic heterocycles. The van der Waals surface area contributed by atoms with Gasteiger partial charge in [-0.1, -0.05) is 6.08 Å². The maximum Gasteiger partial charge on any atom is 0.312 e. The molecule has 1 saturated heterocycles. The number of rotatable bonds is 2. The summed E-state index contributed by atoms with van der Waals surface area (Å²) in [6, 6.07) is 0.0466. The number of likely N-dealkylation sites (tertiary alicyclic amines) is 1. The highest BCUT2D eigenvalue weighted by atomic mass is 16.2. The summed E-state index contributed by atoms with van der Waals surface area (Å²) in [6.45, 7) is 11.6. The molecular weight excluding hydrogens is 242 g/mol. The summed E-state index contributed by atoms with van der Waals surface area (Å²) < 4.78 is 0. The molecule has 3 N–H and O–H groups in total. The highest BCUT2D eigenvalue weighted by Crippen LogP contribution is 2.37. The van der Waals surface area contributed by atoms with E-state index < -0.39 is 22.9 Å². The number of nitrogens with one attached hydrogen (secondary N) is 1. The number of piperidine rings is 1. The number of hydrogen-bond donors (Lipinski definition) is 2. The first-order valence-electron chi connectivity index (χ1n) is 6.61.